The van der Waals surface area contributed by atoms with Gasteiger partial charge in [0, 0.05) is 6.04 Å². The van der Waals surface area contributed by atoms with Crippen LogP contribution in [0, 0.1) is 13.8 Å². The Morgan fingerprint density at radius 1 is 1.06 bits per heavy atom. The van der Waals surface area contributed by atoms with Crippen LogP contribution in [0.3, 0.4) is 0 Å². The Bertz CT molecular complexity index is 908. The first-order valence-corrected chi connectivity index (χ1v) is 11.5. The van der Waals surface area contributed by atoms with E-state index in [1.807, 2.05) is 25.1 Å². The second-order valence-electron chi connectivity index (χ2n) is 8.04. The SMILES string of the molecule is CCOc1cc(/C=N\NC(=S)NC2CCCCC2)ccc1OCc1cc(C)ccc1C. The largest absolute Gasteiger partial charge is 0.490 e. The van der Waals surface area contributed by atoms with E-state index in [1.54, 1.807) is 6.21 Å². The van der Waals surface area contributed by atoms with Gasteiger partial charge in [0.2, 0.25) is 0 Å². The minimum Gasteiger partial charge on any atom is -0.490 e. The summed E-state index contributed by atoms with van der Waals surface area (Å²) in [6.07, 6.45) is 7.94. The number of hydrazone groups is 1. The molecule has 0 spiro atoms. The second-order valence-corrected chi connectivity index (χ2v) is 8.44. The van der Waals surface area contributed by atoms with Crippen LogP contribution in [-0.4, -0.2) is 24.0 Å². The third-order valence-electron chi connectivity index (χ3n) is 5.48. The van der Waals surface area contributed by atoms with Gasteiger partial charge in [0.05, 0.1) is 12.8 Å². The van der Waals surface area contributed by atoms with Crippen LogP contribution in [0.1, 0.15) is 61.3 Å². The summed E-state index contributed by atoms with van der Waals surface area (Å²) < 4.78 is 11.9. The first-order valence-electron chi connectivity index (χ1n) is 11.1. The van der Waals surface area contributed by atoms with Crippen molar-refractivity contribution in [3.8, 4) is 11.5 Å². The van der Waals surface area contributed by atoms with Gasteiger partial charge in [-0.3, -0.25) is 5.43 Å². The first-order chi connectivity index (χ1) is 15.0. The maximum atomic E-state index is 6.08. The lowest BCUT2D eigenvalue weighted by molar-refractivity contribution is 0.269. The van der Waals surface area contributed by atoms with Crippen molar-refractivity contribution < 1.29 is 9.47 Å². The molecule has 2 aromatic rings. The number of nitrogens with zero attached hydrogens (tertiary/aromatic N) is 1. The molecular weight excluding hydrogens is 406 g/mol. The molecule has 3 rings (SSSR count). The molecule has 6 heteroatoms. The van der Waals surface area contributed by atoms with E-state index in [4.69, 9.17) is 21.7 Å². The number of rotatable bonds is 8. The smallest absolute Gasteiger partial charge is 0.187 e. The molecule has 1 aliphatic carbocycles. The number of ether oxygens (including phenoxy) is 2. The summed E-state index contributed by atoms with van der Waals surface area (Å²) in [5, 5.41) is 8.20. The summed E-state index contributed by atoms with van der Waals surface area (Å²) in [6.45, 7) is 7.22. The Morgan fingerprint density at radius 2 is 1.87 bits per heavy atom. The molecule has 0 aromatic heterocycles. The molecule has 166 valence electrons. The highest BCUT2D eigenvalue weighted by Crippen LogP contribution is 2.29. The summed E-state index contributed by atoms with van der Waals surface area (Å²) in [5.74, 6) is 1.43. The van der Waals surface area contributed by atoms with E-state index >= 15 is 0 Å². The van der Waals surface area contributed by atoms with Gasteiger partial charge in [-0.1, -0.05) is 43.0 Å². The molecular formula is C25H33N3O2S. The Labute approximate surface area is 191 Å². The monoisotopic (exact) mass is 439 g/mol. The average Bonchev–Trinajstić information content (AvgIpc) is 2.76. The van der Waals surface area contributed by atoms with Gasteiger partial charge in [0.1, 0.15) is 6.61 Å². The van der Waals surface area contributed by atoms with Crippen molar-refractivity contribution in [2.24, 2.45) is 5.10 Å². The van der Waals surface area contributed by atoms with Crippen LogP contribution in [-0.2, 0) is 6.61 Å². The zero-order chi connectivity index (χ0) is 22.1. The van der Waals surface area contributed by atoms with Crippen molar-refractivity contribution in [3.05, 3.63) is 58.7 Å². The first kappa shape index (κ1) is 23.1. The van der Waals surface area contributed by atoms with E-state index in [9.17, 15) is 0 Å². The minimum atomic E-state index is 0.460. The highest BCUT2D eigenvalue weighted by molar-refractivity contribution is 7.80. The van der Waals surface area contributed by atoms with Crippen LogP contribution in [0.5, 0.6) is 11.5 Å². The number of thiocarbonyl (C=S) groups is 1. The Balaban J connectivity index is 1.59. The van der Waals surface area contributed by atoms with Crippen LogP contribution in [0.25, 0.3) is 0 Å². The maximum absolute atomic E-state index is 6.08. The number of hydrogen-bond donors (Lipinski definition) is 2. The Kier molecular flexibility index (Phi) is 8.71. The molecule has 0 saturated heterocycles. The lowest BCUT2D eigenvalue weighted by Crippen LogP contribution is -2.40. The van der Waals surface area contributed by atoms with E-state index < -0.39 is 0 Å². The molecule has 1 aliphatic rings. The molecule has 31 heavy (non-hydrogen) atoms. The lowest BCUT2D eigenvalue weighted by Gasteiger charge is -2.23. The average molecular weight is 440 g/mol. The summed E-state index contributed by atoms with van der Waals surface area (Å²) in [6, 6.07) is 12.7. The second kappa shape index (κ2) is 11.7. The van der Waals surface area contributed by atoms with E-state index in [2.05, 4.69) is 47.9 Å². The molecule has 0 unspecified atom stereocenters. The van der Waals surface area contributed by atoms with Crippen molar-refractivity contribution in [1.29, 1.82) is 0 Å². The van der Waals surface area contributed by atoms with Crippen LogP contribution in [0.15, 0.2) is 41.5 Å². The lowest BCUT2D eigenvalue weighted by atomic mass is 9.96. The quantitative estimate of drug-likeness (QED) is 0.327. The van der Waals surface area contributed by atoms with Crippen molar-refractivity contribution >= 4 is 23.5 Å². The van der Waals surface area contributed by atoms with Gasteiger partial charge in [0.25, 0.3) is 0 Å². The van der Waals surface area contributed by atoms with Crippen LogP contribution < -0.4 is 20.2 Å². The van der Waals surface area contributed by atoms with Crippen LogP contribution >= 0.6 is 12.2 Å². The predicted molar refractivity (Wildman–Crippen MR) is 131 cm³/mol. The molecule has 2 N–H and O–H groups in total. The molecule has 0 heterocycles. The van der Waals surface area contributed by atoms with Gasteiger partial charge in [0.15, 0.2) is 16.6 Å². The highest BCUT2D eigenvalue weighted by atomic mass is 32.1. The fourth-order valence-electron chi connectivity index (χ4n) is 3.73. The summed E-state index contributed by atoms with van der Waals surface area (Å²) in [4.78, 5) is 0. The fraction of sp³-hybridized carbons (Fsp3) is 0.440. The summed E-state index contributed by atoms with van der Waals surface area (Å²) >= 11 is 5.36. The van der Waals surface area contributed by atoms with E-state index in [1.165, 1.54) is 48.8 Å². The third kappa shape index (κ3) is 7.24. The topological polar surface area (TPSA) is 54.9 Å². The normalized spacial score (nSPS) is 14.4. The zero-order valence-electron chi connectivity index (χ0n) is 18.7. The molecule has 0 aliphatic heterocycles. The molecule has 0 amide bonds. The number of aryl methyl sites for hydroxylation is 2. The van der Waals surface area contributed by atoms with Crippen molar-refractivity contribution in [1.82, 2.24) is 10.7 Å². The zero-order valence-corrected chi connectivity index (χ0v) is 19.6. The predicted octanol–water partition coefficient (Wildman–Crippen LogP) is 5.41. The molecule has 1 fully saturated rings. The molecule has 1 saturated carbocycles. The Hall–Kier alpha value is -2.60. The maximum Gasteiger partial charge on any atom is 0.187 e. The number of hydrogen-bond acceptors (Lipinski definition) is 4. The van der Waals surface area contributed by atoms with Crippen molar-refractivity contribution in [3.63, 3.8) is 0 Å². The minimum absolute atomic E-state index is 0.460. The van der Waals surface area contributed by atoms with Crippen molar-refractivity contribution in [2.45, 2.75) is 65.5 Å². The van der Waals surface area contributed by atoms with Gasteiger partial charge in [-0.15, -0.1) is 0 Å². The van der Waals surface area contributed by atoms with Crippen LogP contribution in [0.4, 0.5) is 0 Å². The standard InChI is InChI=1S/C25H33N3O2S/c1-4-29-24-15-20(16-26-28-25(31)27-22-8-6-5-7-9-22)12-13-23(24)30-17-21-14-18(2)10-11-19(21)3/h10-16,22H,4-9,17H2,1-3H3,(H2,27,28,31)/b26-16-. The van der Waals surface area contributed by atoms with E-state index in [-0.39, 0.29) is 0 Å². The van der Waals surface area contributed by atoms with Gasteiger partial charge >= 0.3 is 0 Å². The highest BCUT2D eigenvalue weighted by Gasteiger charge is 2.13. The number of benzene rings is 2. The Morgan fingerprint density at radius 3 is 2.65 bits per heavy atom. The van der Waals surface area contributed by atoms with Gasteiger partial charge in [-0.2, -0.15) is 5.10 Å². The summed E-state index contributed by atoms with van der Waals surface area (Å²) in [7, 11) is 0. The van der Waals surface area contributed by atoms with E-state index in [0.29, 0.717) is 30.1 Å². The molecule has 2 aromatic carbocycles. The number of nitrogens with one attached hydrogen (secondary N) is 2. The van der Waals surface area contributed by atoms with Crippen molar-refractivity contribution in [2.75, 3.05) is 6.61 Å². The third-order valence-corrected chi connectivity index (χ3v) is 5.68. The van der Waals surface area contributed by atoms with Gasteiger partial charge in [-0.25, -0.2) is 0 Å². The van der Waals surface area contributed by atoms with Crippen LogP contribution in [0.2, 0.25) is 0 Å². The fourth-order valence-corrected chi connectivity index (χ4v) is 3.95. The molecule has 0 atom stereocenters. The van der Waals surface area contributed by atoms with Gasteiger partial charge in [-0.05, 0) is 80.7 Å². The molecule has 0 bridgehead atoms. The van der Waals surface area contributed by atoms with Gasteiger partial charge < -0.3 is 14.8 Å². The van der Waals surface area contributed by atoms with E-state index in [0.717, 1.165) is 11.3 Å². The molecule has 5 nitrogen and oxygen atoms in total. The summed E-state index contributed by atoms with van der Waals surface area (Å²) in [5.41, 5.74) is 7.45. The molecule has 0 radical (unpaired) electrons.